The minimum Gasteiger partial charge on any atom is -0.350 e. The van der Waals surface area contributed by atoms with Crippen molar-refractivity contribution in [3.8, 4) is 0 Å². The number of benzene rings is 2. The zero-order chi connectivity index (χ0) is 21.0. The number of nitrogens with zero attached hydrogens (tertiary/aromatic N) is 1. The van der Waals surface area contributed by atoms with Crippen LogP contribution in [-0.2, 0) is 9.84 Å². The smallest absolute Gasteiger partial charge is 0.251 e. The number of sulfone groups is 1. The van der Waals surface area contributed by atoms with Crippen LogP contribution in [0.25, 0.3) is 0 Å². The van der Waals surface area contributed by atoms with Crippen molar-refractivity contribution in [2.24, 2.45) is 0 Å². The molecule has 0 saturated heterocycles. The second-order valence-electron chi connectivity index (χ2n) is 6.81. The Morgan fingerprint density at radius 1 is 1.10 bits per heavy atom. The molecule has 0 bridgehead atoms. The minimum atomic E-state index is -3.90. The van der Waals surface area contributed by atoms with E-state index in [1.54, 1.807) is 36.5 Å². The van der Waals surface area contributed by atoms with Gasteiger partial charge in [0, 0.05) is 24.5 Å². The third-order valence-electron chi connectivity index (χ3n) is 4.62. The van der Waals surface area contributed by atoms with Crippen LogP contribution < -0.4 is 5.32 Å². The van der Waals surface area contributed by atoms with E-state index in [1.165, 1.54) is 25.3 Å². The Labute approximate surface area is 169 Å². The number of rotatable bonds is 6. The van der Waals surface area contributed by atoms with E-state index in [4.69, 9.17) is 0 Å². The molecule has 1 aromatic heterocycles. The van der Waals surface area contributed by atoms with Gasteiger partial charge in [-0.05, 0) is 61.4 Å². The number of halogens is 1. The number of aryl methyl sites for hydroxylation is 2. The minimum absolute atomic E-state index is 0.00458. The van der Waals surface area contributed by atoms with Gasteiger partial charge in [-0.3, -0.25) is 9.78 Å². The quantitative estimate of drug-likeness (QED) is 0.625. The van der Waals surface area contributed by atoms with Gasteiger partial charge in [-0.15, -0.1) is 0 Å². The fraction of sp³-hybridized carbons (Fsp3) is 0.182. The summed E-state index contributed by atoms with van der Waals surface area (Å²) in [4.78, 5) is 16.5. The molecule has 0 radical (unpaired) electrons. The highest BCUT2D eigenvalue weighted by Crippen LogP contribution is 2.29. The van der Waals surface area contributed by atoms with Gasteiger partial charge < -0.3 is 5.32 Å². The number of pyridine rings is 1. The molecule has 0 aliphatic rings. The fourth-order valence-corrected chi connectivity index (χ4v) is 4.73. The topological polar surface area (TPSA) is 76.1 Å². The van der Waals surface area contributed by atoms with E-state index in [2.05, 4.69) is 10.3 Å². The Hall–Kier alpha value is -3.06. The highest BCUT2D eigenvalue weighted by Gasteiger charge is 2.30. The largest absolute Gasteiger partial charge is 0.350 e. The van der Waals surface area contributed by atoms with Crippen molar-refractivity contribution in [1.29, 1.82) is 0 Å². The summed E-state index contributed by atoms with van der Waals surface area (Å²) in [7, 11) is -3.90. The maximum atomic E-state index is 13.6. The van der Waals surface area contributed by atoms with E-state index in [-0.39, 0.29) is 22.9 Å². The molecule has 1 amide bonds. The Bertz CT molecular complexity index is 1130. The van der Waals surface area contributed by atoms with Crippen molar-refractivity contribution in [1.82, 2.24) is 10.3 Å². The standard InChI is InChI=1S/C22H21FN2O3S/c1-15-5-3-6-17(11-15)22(26)25-14-21(18-7-4-10-24-13-18)29(27,28)19-8-9-20(23)16(2)12-19/h3-13,21H,14H2,1-2H3,(H,25,26)/t21-/m0/s1. The van der Waals surface area contributed by atoms with Crippen LogP contribution in [0.3, 0.4) is 0 Å². The molecule has 1 heterocycles. The molecule has 0 aliphatic heterocycles. The molecular weight excluding hydrogens is 391 g/mol. The summed E-state index contributed by atoms with van der Waals surface area (Å²) in [5, 5.41) is 1.65. The first kappa shape index (κ1) is 20.7. The van der Waals surface area contributed by atoms with Crippen LogP contribution in [0.4, 0.5) is 4.39 Å². The molecule has 1 N–H and O–H groups in total. The lowest BCUT2D eigenvalue weighted by Gasteiger charge is -2.19. The number of nitrogens with one attached hydrogen (secondary N) is 1. The average Bonchev–Trinajstić information content (AvgIpc) is 2.70. The SMILES string of the molecule is Cc1cccc(C(=O)NC[C@@H](c2cccnc2)S(=O)(=O)c2ccc(F)c(C)c2)c1. The maximum absolute atomic E-state index is 13.6. The third kappa shape index (κ3) is 4.68. The van der Waals surface area contributed by atoms with Gasteiger partial charge in [-0.1, -0.05) is 23.8 Å². The van der Waals surface area contributed by atoms with Crippen molar-refractivity contribution < 1.29 is 17.6 Å². The Kier molecular flexibility index (Phi) is 6.08. The van der Waals surface area contributed by atoms with Crippen LogP contribution in [0.5, 0.6) is 0 Å². The fourth-order valence-electron chi connectivity index (χ4n) is 3.01. The summed E-state index contributed by atoms with van der Waals surface area (Å²) in [6.07, 6.45) is 3.00. The lowest BCUT2D eigenvalue weighted by molar-refractivity contribution is 0.0953. The predicted octanol–water partition coefficient (Wildman–Crippen LogP) is 3.78. The molecule has 5 nitrogen and oxygen atoms in total. The van der Waals surface area contributed by atoms with Gasteiger partial charge in [0.1, 0.15) is 11.1 Å². The monoisotopic (exact) mass is 412 g/mol. The van der Waals surface area contributed by atoms with Crippen LogP contribution in [0, 0.1) is 19.7 Å². The summed E-state index contributed by atoms with van der Waals surface area (Å²) in [6.45, 7) is 3.24. The Morgan fingerprint density at radius 2 is 1.90 bits per heavy atom. The predicted molar refractivity (Wildman–Crippen MR) is 109 cm³/mol. The van der Waals surface area contributed by atoms with Crippen LogP contribution >= 0.6 is 0 Å². The molecule has 2 aromatic carbocycles. The van der Waals surface area contributed by atoms with Crippen molar-refractivity contribution in [2.75, 3.05) is 6.54 Å². The lowest BCUT2D eigenvalue weighted by atomic mass is 10.1. The highest BCUT2D eigenvalue weighted by molar-refractivity contribution is 7.91. The number of aromatic nitrogens is 1. The first-order chi connectivity index (χ1) is 13.8. The second-order valence-corrected chi connectivity index (χ2v) is 8.94. The van der Waals surface area contributed by atoms with Gasteiger partial charge in [0.05, 0.1) is 4.90 Å². The van der Waals surface area contributed by atoms with Gasteiger partial charge in [0.25, 0.3) is 5.91 Å². The molecule has 1 atom stereocenters. The van der Waals surface area contributed by atoms with Crippen molar-refractivity contribution in [3.05, 3.63) is 95.1 Å². The van der Waals surface area contributed by atoms with Gasteiger partial charge in [0.15, 0.2) is 9.84 Å². The molecule has 0 unspecified atom stereocenters. The average molecular weight is 412 g/mol. The summed E-state index contributed by atoms with van der Waals surface area (Å²) < 4.78 is 40.2. The third-order valence-corrected chi connectivity index (χ3v) is 6.72. The summed E-state index contributed by atoms with van der Waals surface area (Å²) in [6, 6.07) is 14.0. The molecule has 0 aliphatic carbocycles. The molecule has 7 heteroatoms. The highest BCUT2D eigenvalue weighted by atomic mass is 32.2. The molecule has 0 fully saturated rings. The number of amides is 1. The van der Waals surface area contributed by atoms with E-state index >= 15 is 0 Å². The number of carbonyl (C=O) groups excluding carboxylic acids is 1. The van der Waals surface area contributed by atoms with Crippen LogP contribution in [0.1, 0.15) is 32.3 Å². The zero-order valence-electron chi connectivity index (χ0n) is 16.1. The van der Waals surface area contributed by atoms with Crippen LogP contribution in [-0.4, -0.2) is 25.9 Å². The van der Waals surface area contributed by atoms with E-state index in [0.717, 1.165) is 11.6 Å². The summed E-state index contributed by atoms with van der Waals surface area (Å²) >= 11 is 0. The van der Waals surface area contributed by atoms with Crippen LogP contribution in [0.2, 0.25) is 0 Å². The molecule has 29 heavy (non-hydrogen) atoms. The van der Waals surface area contributed by atoms with E-state index in [1.807, 2.05) is 13.0 Å². The molecule has 150 valence electrons. The van der Waals surface area contributed by atoms with Crippen molar-refractivity contribution in [2.45, 2.75) is 24.0 Å². The van der Waals surface area contributed by atoms with Gasteiger partial charge >= 0.3 is 0 Å². The summed E-state index contributed by atoms with van der Waals surface area (Å²) in [5.74, 6) is -0.845. The number of carbonyl (C=O) groups is 1. The maximum Gasteiger partial charge on any atom is 0.251 e. The Balaban J connectivity index is 1.93. The van der Waals surface area contributed by atoms with E-state index in [0.29, 0.717) is 11.1 Å². The molecule has 3 rings (SSSR count). The number of hydrogen-bond donors (Lipinski definition) is 1. The van der Waals surface area contributed by atoms with Gasteiger partial charge in [-0.2, -0.15) is 0 Å². The normalized spacial score (nSPS) is 12.4. The van der Waals surface area contributed by atoms with Crippen molar-refractivity contribution in [3.63, 3.8) is 0 Å². The van der Waals surface area contributed by atoms with Gasteiger partial charge in [0.2, 0.25) is 0 Å². The first-order valence-electron chi connectivity index (χ1n) is 9.04. The Morgan fingerprint density at radius 3 is 2.55 bits per heavy atom. The molecule has 0 spiro atoms. The van der Waals surface area contributed by atoms with Crippen LogP contribution in [0.15, 0.2) is 71.9 Å². The zero-order valence-corrected chi connectivity index (χ0v) is 16.9. The number of hydrogen-bond acceptors (Lipinski definition) is 4. The summed E-state index contributed by atoms with van der Waals surface area (Å²) in [5.41, 5.74) is 2.06. The molecule has 0 saturated carbocycles. The van der Waals surface area contributed by atoms with E-state index < -0.39 is 20.9 Å². The first-order valence-corrected chi connectivity index (χ1v) is 10.6. The second kappa shape index (κ2) is 8.53. The molecular formula is C22H21FN2O3S. The van der Waals surface area contributed by atoms with Gasteiger partial charge in [-0.25, -0.2) is 12.8 Å². The molecule has 3 aromatic rings. The van der Waals surface area contributed by atoms with E-state index in [9.17, 15) is 17.6 Å². The lowest BCUT2D eigenvalue weighted by Crippen LogP contribution is -2.32. The van der Waals surface area contributed by atoms with Crippen molar-refractivity contribution >= 4 is 15.7 Å².